The zero-order chi connectivity index (χ0) is 12.0. The number of hydrazine groups is 1. The fraction of sp³-hybridized carbons (Fsp3) is 0.917. The maximum Gasteiger partial charge on any atom is 0.208 e. The average molecular weight is 226 g/mol. The monoisotopic (exact) mass is 226 g/mol. The van der Waals surface area contributed by atoms with Crippen molar-refractivity contribution in [2.24, 2.45) is 16.3 Å². The van der Waals surface area contributed by atoms with Crippen LogP contribution in [0.3, 0.4) is 0 Å². The molecular formula is C12H26N4. The van der Waals surface area contributed by atoms with Gasteiger partial charge in [0.25, 0.3) is 0 Å². The van der Waals surface area contributed by atoms with Gasteiger partial charge in [0.05, 0.1) is 0 Å². The molecule has 1 aliphatic rings. The Hall–Kier alpha value is -0.770. The van der Waals surface area contributed by atoms with Gasteiger partial charge in [-0.2, -0.15) is 0 Å². The second kappa shape index (κ2) is 6.09. The Morgan fingerprint density at radius 2 is 2.06 bits per heavy atom. The lowest BCUT2D eigenvalue weighted by Crippen LogP contribution is -2.44. The van der Waals surface area contributed by atoms with E-state index in [0.29, 0.717) is 5.41 Å². The van der Waals surface area contributed by atoms with Gasteiger partial charge in [0, 0.05) is 19.6 Å². The molecule has 3 N–H and O–H groups in total. The predicted octanol–water partition coefficient (Wildman–Crippen LogP) is 1.73. The van der Waals surface area contributed by atoms with Crippen molar-refractivity contribution < 1.29 is 0 Å². The van der Waals surface area contributed by atoms with Gasteiger partial charge in [0.15, 0.2) is 0 Å². The standard InChI is InChI=1S/C12H26N4/c1-4-8-14-11(15-13)16-9-7-12(5-2,6-3)10-16/h4-10,13H2,1-3H3,(H,14,15). The molecule has 0 aromatic rings. The van der Waals surface area contributed by atoms with Crippen molar-refractivity contribution in [3.05, 3.63) is 0 Å². The molecule has 0 spiro atoms. The average Bonchev–Trinajstić information content (AvgIpc) is 2.75. The number of nitrogens with zero attached hydrogens (tertiary/aromatic N) is 2. The van der Waals surface area contributed by atoms with Crippen LogP contribution in [0.15, 0.2) is 4.99 Å². The van der Waals surface area contributed by atoms with Gasteiger partial charge in [-0.1, -0.05) is 20.8 Å². The quantitative estimate of drug-likeness (QED) is 0.332. The van der Waals surface area contributed by atoms with Crippen LogP contribution in [0.25, 0.3) is 0 Å². The van der Waals surface area contributed by atoms with Crippen LogP contribution in [-0.4, -0.2) is 30.5 Å². The highest BCUT2D eigenvalue weighted by molar-refractivity contribution is 5.79. The molecule has 4 nitrogen and oxygen atoms in total. The molecule has 94 valence electrons. The summed E-state index contributed by atoms with van der Waals surface area (Å²) in [4.78, 5) is 6.78. The van der Waals surface area contributed by atoms with Crippen molar-refractivity contribution in [2.75, 3.05) is 19.6 Å². The van der Waals surface area contributed by atoms with Gasteiger partial charge >= 0.3 is 0 Å². The normalized spacial score (nSPS) is 20.2. The van der Waals surface area contributed by atoms with E-state index in [1.807, 2.05) is 0 Å². The predicted molar refractivity (Wildman–Crippen MR) is 69.1 cm³/mol. The van der Waals surface area contributed by atoms with Gasteiger partial charge in [-0.15, -0.1) is 0 Å². The number of rotatable bonds is 4. The summed E-state index contributed by atoms with van der Waals surface area (Å²) in [7, 11) is 0. The van der Waals surface area contributed by atoms with Gasteiger partial charge in [-0.3, -0.25) is 10.4 Å². The fourth-order valence-electron chi connectivity index (χ4n) is 2.40. The molecule has 16 heavy (non-hydrogen) atoms. The lowest BCUT2D eigenvalue weighted by Gasteiger charge is -2.27. The largest absolute Gasteiger partial charge is 0.341 e. The summed E-state index contributed by atoms with van der Waals surface area (Å²) < 4.78 is 0. The van der Waals surface area contributed by atoms with Crippen molar-refractivity contribution >= 4 is 5.96 Å². The molecule has 1 saturated heterocycles. The second-order valence-corrected chi connectivity index (χ2v) is 4.73. The number of likely N-dealkylation sites (tertiary alicyclic amines) is 1. The SMILES string of the molecule is CCCN=C(NN)N1CCC(CC)(CC)C1. The Balaban J connectivity index is 2.62. The van der Waals surface area contributed by atoms with Crippen LogP contribution in [0, 0.1) is 5.41 Å². The molecule has 0 unspecified atom stereocenters. The van der Waals surface area contributed by atoms with Crippen molar-refractivity contribution in [1.29, 1.82) is 0 Å². The molecule has 1 fully saturated rings. The van der Waals surface area contributed by atoms with Crippen LogP contribution in [-0.2, 0) is 0 Å². The minimum atomic E-state index is 0.476. The Kier molecular flexibility index (Phi) is 5.06. The summed E-state index contributed by atoms with van der Waals surface area (Å²) in [6.07, 6.45) is 4.80. The highest BCUT2D eigenvalue weighted by Crippen LogP contribution is 2.36. The van der Waals surface area contributed by atoms with Crippen molar-refractivity contribution in [3.63, 3.8) is 0 Å². The molecule has 0 radical (unpaired) electrons. The molecule has 1 aliphatic heterocycles. The molecular weight excluding hydrogens is 200 g/mol. The van der Waals surface area contributed by atoms with Crippen molar-refractivity contribution in [1.82, 2.24) is 10.3 Å². The first-order chi connectivity index (χ1) is 7.71. The third kappa shape index (κ3) is 2.88. The maximum absolute atomic E-state index is 5.54. The molecule has 0 amide bonds. The first-order valence-corrected chi connectivity index (χ1v) is 6.47. The van der Waals surface area contributed by atoms with Gasteiger partial charge in [0.1, 0.15) is 0 Å². The highest BCUT2D eigenvalue weighted by atomic mass is 15.4. The van der Waals surface area contributed by atoms with Crippen molar-refractivity contribution in [2.45, 2.75) is 46.5 Å². The van der Waals surface area contributed by atoms with E-state index in [4.69, 9.17) is 5.84 Å². The Morgan fingerprint density at radius 1 is 1.38 bits per heavy atom. The summed E-state index contributed by atoms with van der Waals surface area (Å²) in [5, 5.41) is 0. The molecule has 0 aromatic heterocycles. The van der Waals surface area contributed by atoms with E-state index in [2.05, 4.69) is 36.1 Å². The third-order valence-corrected chi connectivity index (χ3v) is 3.85. The topological polar surface area (TPSA) is 53.6 Å². The Labute approximate surface area is 99.3 Å². The van der Waals surface area contributed by atoms with Crippen LogP contribution in [0.2, 0.25) is 0 Å². The molecule has 0 aromatic carbocycles. The minimum Gasteiger partial charge on any atom is -0.341 e. The number of nitrogens with two attached hydrogens (primary N) is 1. The van der Waals surface area contributed by atoms with E-state index in [1.54, 1.807) is 0 Å². The zero-order valence-corrected chi connectivity index (χ0v) is 10.9. The van der Waals surface area contributed by atoms with E-state index in [0.717, 1.165) is 32.0 Å². The molecule has 1 heterocycles. The van der Waals surface area contributed by atoms with Crippen LogP contribution in [0.5, 0.6) is 0 Å². The molecule has 4 heteroatoms. The zero-order valence-electron chi connectivity index (χ0n) is 10.9. The number of nitrogens with one attached hydrogen (secondary N) is 1. The Morgan fingerprint density at radius 3 is 2.50 bits per heavy atom. The molecule has 0 aliphatic carbocycles. The number of hydrogen-bond acceptors (Lipinski definition) is 2. The smallest absolute Gasteiger partial charge is 0.208 e. The fourth-order valence-corrected chi connectivity index (χ4v) is 2.40. The van der Waals surface area contributed by atoms with Gasteiger partial charge in [-0.05, 0) is 31.1 Å². The van der Waals surface area contributed by atoms with E-state index < -0.39 is 0 Å². The first-order valence-electron chi connectivity index (χ1n) is 6.47. The van der Waals surface area contributed by atoms with Crippen LogP contribution in [0.4, 0.5) is 0 Å². The van der Waals surface area contributed by atoms with E-state index >= 15 is 0 Å². The lowest BCUT2D eigenvalue weighted by molar-refractivity contribution is 0.276. The van der Waals surface area contributed by atoms with E-state index in [9.17, 15) is 0 Å². The minimum absolute atomic E-state index is 0.476. The third-order valence-electron chi connectivity index (χ3n) is 3.85. The maximum atomic E-state index is 5.54. The second-order valence-electron chi connectivity index (χ2n) is 4.73. The molecule has 0 saturated carbocycles. The first kappa shape index (κ1) is 13.3. The van der Waals surface area contributed by atoms with E-state index in [1.165, 1.54) is 19.3 Å². The van der Waals surface area contributed by atoms with Gasteiger partial charge in [-0.25, -0.2) is 5.84 Å². The molecule has 0 bridgehead atoms. The summed E-state index contributed by atoms with van der Waals surface area (Å²) in [5.41, 5.74) is 3.22. The lowest BCUT2D eigenvalue weighted by atomic mass is 9.82. The summed E-state index contributed by atoms with van der Waals surface area (Å²) in [5.74, 6) is 6.41. The summed E-state index contributed by atoms with van der Waals surface area (Å²) in [6, 6.07) is 0. The van der Waals surface area contributed by atoms with E-state index in [-0.39, 0.29) is 0 Å². The number of hydrogen-bond donors (Lipinski definition) is 2. The van der Waals surface area contributed by atoms with Gasteiger partial charge < -0.3 is 4.90 Å². The molecule has 0 atom stereocenters. The number of guanidine groups is 1. The van der Waals surface area contributed by atoms with Crippen molar-refractivity contribution in [3.8, 4) is 0 Å². The van der Waals surface area contributed by atoms with Crippen LogP contribution >= 0.6 is 0 Å². The van der Waals surface area contributed by atoms with Crippen LogP contribution < -0.4 is 11.3 Å². The number of aliphatic imine (C=N–C) groups is 1. The van der Waals surface area contributed by atoms with Gasteiger partial charge in [0.2, 0.25) is 5.96 Å². The van der Waals surface area contributed by atoms with Crippen LogP contribution in [0.1, 0.15) is 46.5 Å². The summed E-state index contributed by atoms with van der Waals surface area (Å²) in [6.45, 7) is 9.71. The highest BCUT2D eigenvalue weighted by Gasteiger charge is 2.36. The Bertz CT molecular complexity index is 233. The molecule has 1 rings (SSSR count). The summed E-state index contributed by atoms with van der Waals surface area (Å²) >= 11 is 0.